The predicted molar refractivity (Wildman–Crippen MR) is 49.8 cm³/mol. The highest BCUT2D eigenvalue weighted by Gasteiger charge is 2.36. The lowest BCUT2D eigenvalue weighted by Crippen LogP contribution is -2.22. The molecular formula is C7H8ClF3N2S. The number of thiazole rings is 1. The highest BCUT2D eigenvalue weighted by atomic mass is 35.5. The van der Waals surface area contributed by atoms with Crippen molar-refractivity contribution in [3.05, 3.63) is 15.6 Å². The molecular weight excluding hydrogens is 237 g/mol. The number of alkyl halides is 3. The van der Waals surface area contributed by atoms with Crippen LogP contribution in [0.3, 0.4) is 0 Å². The van der Waals surface area contributed by atoms with Crippen LogP contribution < -0.4 is 5.32 Å². The van der Waals surface area contributed by atoms with Gasteiger partial charge in [0.05, 0.1) is 5.69 Å². The third kappa shape index (κ3) is 2.18. The number of halogens is 4. The van der Waals surface area contributed by atoms with Gasteiger partial charge < -0.3 is 5.32 Å². The van der Waals surface area contributed by atoms with Gasteiger partial charge in [0.1, 0.15) is 0 Å². The molecule has 1 N–H and O–H groups in total. The molecule has 1 aromatic heterocycles. The summed E-state index contributed by atoms with van der Waals surface area (Å²) in [6.07, 6.45) is -3.69. The first-order valence-corrected chi connectivity index (χ1v) is 4.65. The zero-order valence-electron chi connectivity index (χ0n) is 7.02. The average molecular weight is 245 g/mol. The summed E-state index contributed by atoms with van der Waals surface area (Å²) in [5, 5.41) is 2.29. The first-order chi connectivity index (χ1) is 6.07. The topological polar surface area (TPSA) is 24.9 Å². The SMILES string of the molecule is Cl.FC(F)(F)c1nc2c(s1)CNCC2. The van der Waals surface area contributed by atoms with E-state index in [2.05, 4.69) is 10.3 Å². The smallest absolute Gasteiger partial charge is 0.311 e. The summed E-state index contributed by atoms with van der Waals surface area (Å²) >= 11 is 0.744. The van der Waals surface area contributed by atoms with Crippen molar-refractivity contribution >= 4 is 23.7 Å². The zero-order valence-corrected chi connectivity index (χ0v) is 8.65. The van der Waals surface area contributed by atoms with Gasteiger partial charge in [-0.3, -0.25) is 0 Å². The predicted octanol–water partition coefficient (Wildman–Crippen LogP) is 2.23. The number of hydrogen-bond donors (Lipinski definition) is 1. The molecule has 1 aliphatic rings. The fourth-order valence-corrected chi connectivity index (χ4v) is 2.19. The Balaban J connectivity index is 0.000000980. The number of nitrogens with zero attached hydrogens (tertiary/aromatic N) is 1. The molecule has 2 heterocycles. The van der Waals surface area contributed by atoms with Gasteiger partial charge in [0, 0.05) is 24.4 Å². The Kier molecular flexibility index (Phi) is 3.39. The first-order valence-electron chi connectivity index (χ1n) is 3.84. The summed E-state index contributed by atoms with van der Waals surface area (Å²) in [7, 11) is 0. The van der Waals surface area contributed by atoms with Crippen LogP contribution in [0.15, 0.2) is 0 Å². The van der Waals surface area contributed by atoms with Crippen molar-refractivity contribution in [3.63, 3.8) is 0 Å². The normalized spacial score (nSPS) is 15.9. The molecule has 1 aromatic rings. The molecule has 0 saturated carbocycles. The molecule has 0 aliphatic carbocycles. The second kappa shape index (κ2) is 4.04. The number of aromatic nitrogens is 1. The highest BCUT2D eigenvalue weighted by molar-refractivity contribution is 7.11. The van der Waals surface area contributed by atoms with E-state index in [0.29, 0.717) is 25.2 Å². The maximum atomic E-state index is 12.2. The van der Waals surface area contributed by atoms with Crippen LogP contribution in [0, 0.1) is 0 Å². The van der Waals surface area contributed by atoms with Crippen LogP contribution in [-0.2, 0) is 19.1 Å². The van der Waals surface area contributed by atoms with Crippen LogP contribution in [-0.4, -0.2) is 11.5 Å². The van der Waals surface area contributed by atoms with Gasteiger partial charge >= 0.3 is 6.18 Å². The lowest BCUT2D eigenvalue weighted by molar-refractivity contribution is -0.137. The van der Waals surface area contributed by atoms with Crippen LogP contribution in [0.1, 0.15) is 15.6 Å². The Hall–Kier alpha value is -0.330. The number of rotatable bonds is 0. The van der Waals surface area contributed by atoms with E-state index in [9.17, 15) is 13.2 Å². The Bertz CT molecular complexity index is 300. The molecule has 1 aliphatic heterocycles. The number of nitrogens with one attached hydrogen (secondary N) is 1. The maximum Gasteiger partial charge on any atom is 0.443 e. The van der Waals surface area contributed by atoms with Crippen LogP contribution in [0.4, 0.5) is 13.2 Å². The summed E-state index contributed by atoms with van der Waals surface area (Å²) in [6.45, 7) is 1.23. The Morgan fingerprint density at radius 1 is 1.36 bits per heavy atom. The summed E-state index contributed by atoms with van der Waals surface area (Å²) in [6, 6.07) is 0. The molecule has 0 radical (unpaired) electrons. The van der Waals surface area contributed by atoms with Crippen molar-refractivity contribution in [1.82, 2.24) is 10.3 Å². The number of fused-ring (bicyclic) bond motifs is 1. The van der Waals surface area contributed by atoms with E-state index in [1.54, 1.807) is 0 Å². The van der Waals surface area contributed by atoms with Crippen molar-refractivity contribution < 1.29 is 13.2 Å². The minimum absolute atomic E-state index is 0. The van der Waals surface area contributed by atoms with E-state index in [1.807, 2.05) is 0 Å². The molecule has 0 unspecified atom stereocenters. The van der Waals surface area contributed by atoms with Gasteiger partial charge in [-0.05, 0) is 0 Å². The molecule has 7 heteroatoms. The Labute approximate surface area is 88.9 Å². The summed E-state index contributed by atoms with van der Waals surface area (Å²) < 4.78 is 36.6. The molecule has 2 rings (SSSR count). The summed E-state index contributed by atoms with van der Waals surface area (Å²) in [4.78, 5) is 4.30. The third-order valence-electron chi connectivity index (χ3n) is 1.84. The standard InChI is InChI=1S/C7H7F3N2S.ClH/c8-7(9,10)6-12-4-1-2-11-3-5(4)13-6;/h11H,1-3H2;1H. The molecule has 0 atom stereocenters. The number of hydrogen-bond acceptors (Lipinski definition) is 3. The van der Waals surface area contributed by atoms with Gasteiger partial charge in [-0.2, -0.15) is 13.2 Å². The van der Waals surface area contributed by atoms with Gasteiger partial charge in [-0.15, -0.1) is 23.7 Å². The van der Waals surface area contributed by atoms with Crippen molar-refractivity contribution in [2.75, 3.05) is 6.54 Å². The van der Waals surface area contributed by atoms with E-state index >= 15 is 0 Å². The van der Waals surface area contributed by atoms with Crippen molar-refractivity contribution in [1.29, 1.82) is 0 Å². The molecule has 2 nitrogen and oxygen atoms in total. The van der Waals surface area contributed by atoms with Crippen LogP contribution >= 0.6 is 23.7 Å². The van der Waals surface area contributed by atoms with E-state index in [0.717, 1.165) is 16.2 Å². The maximum absolute atomic E-state index is 12.2. The lowest BCUT2D eigenvalue weighted by Gasteiger charge is -2.09. The van der Waals surface area contributed by atoms with Gasteiger partial charge in [-0.25, -0.2) is 4.98 Å². The molecule has 0 fully saturated rings. The van der Waals surface area contributed by atoms with Gasteiger partial charge in [-0.1, -0.05) is 0 Å². The zero-order chi connectivity index (χ0) is 9.47. The summed E-state index contributed by atoms with van der Waals surface area (Å²) in [5.74, 6) is 0. The molecule has 0 spiro atoms. The second-order valence-corrected chi connectivity index (χ2v) is 3.90. The van der Waals surface area contributed by atoms with Gasteiger partial charge in [0.2, 0.25) is 0 Å². The van der Waals surface area contributed by atoms with Crippen molar-refractivity contribution in [2.45, 2.75) is 19.1 Å². The van der Waals surface area contributed by atoms with Gasteiger partial charge in [0.15, 0.2) is 5.01 Å². The van der Waals surface area contributed by atoms with Crippen LogP contribution in [0.2, 0.25) is 0 Å². The van der Waals surface area contributed by atoms with Crippen LogP contribution in [0.25, 0.3) is 0 Å². The quantitative estimate of drug-likeness (QED) is 0.757. The van der Waals surface area contributed by atoms with E-state index in [1.165, 1.54) is 0 Å². The van der Waals surface area contributed by atoms with Crippen molar-refractivity contribution in [3.8, 4) is 0 Å². The van der Waals surface area contributed by atoms with Crippen molar-refractivity contribution in [2.24, 2.45) is 0 Å². The fraction of sp³-hybridized carbons (Fsp3) is 0.571. The highest BCUT2D eigenvalue weighted by Crippen LogP contribution is 2.34. The monoisotopic (exact) mass is 244 g/mol. The minimum atomic E-state index is -4.29. The fourth-order valence-electron chi connectivity index (χ4n) is 1.25. The molecule has 80 valence electrons. The first kappa shape index (κ1) is 11.7. The molecule has 0 bridgehead atoms. The van der Waals surface area contributed by atoms with Gasteiger partial charge in [0.25, 0.3) is 0 Å². The Morgan fingerprint density at radius 3 is 2.64 bits per heavy atom. The molecule has 0 saturated heterocycles. The van der Waals surface area contributed by atoms with E-state index in [4.69, 9.17) is 0 Å². The second-order valence-electron chi connectivity index (χ2n) is 2.81. The molecule has 0 aromatic carbocycles. The summed E-state index contributed by atoms with van der Waals surface area (Å²) in [5.41, 5.74) is 0.607. The lowest BCUT2D eigenvalue weighted by atomic mass is 10.2. The average Bonchev–Trinajstić information content (AvgIpc) is 2.45. The minimum Gasteiger partial charge on any atom is -0.311 e. The van der Waals surface area contributed by atoms with E-state index in [-0.39, 0.29) is 12.4 Å². The third-order valence-corrected chi connectivity index (χ3v) is 2.99. The van der Waals surface area contributed by atoms with Crippen LogP contribution in [0.5, 0.6) is 0 Å². The Morgan fingerprint density at radius 2 is 2.07 bits per heavy atom. The molecule has 14 heavy (non-hydrogen) atoms. The van der Waals surface area contributed by atoms with E-state index < -0.39 is 11.2 Å². The molecule has 0 amide bonds. The largest absolute Gasteiger partial charge is 0.443 e.